The number of ether oxygens (including phenoxy) is 16. The van der Waals surface area contributed by atoms with Crippen LogP contribution in [-0.4, -0.2) is 316 Å². The number of aliphatic carboxylic acids is 2. The van der Waals surface area contributed by atoms with E-state index in [9.17, 15) is 103 Å². The summed E-state index contributed by atoms with van der Waals surface area (Å²) in [5, 5.41) is 38.1. The molecule has 0 saturated carbocycles. The largest absolute Gasteiger partial charge is 1.00 e. The van der Waals surface area contributed by atoms with Crippen molar-refractivity contribution >= 4 is 74.3 Å². The predicted octanol–water partition coefficient (Wildman–Crippen LogP) is -36.4. The summed E-state index contributed by atoms with van der Waals surface area (Å²) in [5.41, 5.74) is -0.268. The Labute approximate surface area is 743 Å². The number of aliphatic hydroxyl groups excluding tert-OH is 1. The molecule has 0 radical (unpaired) electrons. The molecule has 3 N–H and O–H groups in total. The van der Waals surface area contributed by atoms with Gasteiger partial charge >= 0.3 is 236 Å². The molecule has 7 aliphatic heterocycles. The summed E-state index contributed by atoms with van der Waals surface area (Å²) < 4.78 is 334. The van der Waals surface area contributed by atoms with Crippen molar-refractivity contribution in [1.82, 2.24) is 0 Å². The fourth-order valence-corrected chi connectivity index (χ4v) is 13.1. The Bertz CT molecular complexity index is 3240. The maximum absolute atomic E-state index is 13.5. The van der Waals surface area contributed by atoms with Gasteiger partial charge in [0.25, 0.3) is 0 Å². The van der Waals surface area contributed by atoms with Gasteiger partial charge in [-0.1, -0.05) is 6.92 Å². The predicted molar refractivity (Wildman–Crippen MR) is 256 cm³/mol. The second kappa shape index (κ2) is 44.9. The van der Waals surface area contributed by atoms with Crippen LogP contribution in [-0.2, 0) is 173 Å². The Morgan fingerprint density at radius 2 is 0.818 bits per heavy atom. The van der Waals surface area contributed by atoms with E-state index in [0.717, 1.165) is 49.6 Å². The third kappa shape index (κ3) is 28.4. The van der Waals surface area contributed by atoms with Crippen molar-refractivity contribution < 1.29 is 440 Å². The first-order valence-corrected chi connectivity index (χ1v) is 33.3. The number of carbonyl (C=O) groups is 2. The van der Waals surface area contributed by atoms with Crippen LogP contribution in [0.1, 0.15) is 13.3 Å². The van der Waals surface area contributed by atoms with Crippen molar-refractivity contribution in [3.8, 4) is 0 Å². The molecule has 2 bridgehead atoms. The Kier molecular flexibility index (Phi) is 49.3. The molecule has 532 valence electrons. The molecule has 1 unspecified atom stereocenters. The first kappa shape index (κ1) is 109. The monoisotopic (exact) mass is 1630 g/mol. The summed E-state index contributed by atoms with van der Waals surface area (Å²) in [6.07, 6.45) is -52.1. The van der Waals surface area contributed by atoms with Crippen LogP contribution in [0.5, 0.6) is 0 Å². The minimum Gasteiger partial charge on any atom is -0.726 e. The number of hydrogen-bond donors (Lipinski definition) is 2. The third-order valence-corrected chi connectivity index (χ3v) is 17.2. The molecule has 0 aromatic rings. The van der Waals surface area contributed by atoms with Crippen LogP contribution in [0, 0.1) is 0 Å². The van der Waals surface area contributed by atoms with E-state index in [2.05, 4.69) is 25.1 Å². The molecule has 99 heavy (non-hydrogen) atoms. The molecular weight excluding hydrogens is 1580 g/mol. The summed E-state index contributed by atoms with van der Waals surface area (Å²) in [6, 6.07) is -1.80. The topological polar surface area (TPSA) is 673 Å². The molecule has 25 atom stereocenters. The molecule has 46 nitrogen and oxygen atoms in total. The minimum absolute atomic E-state index is 0. The van der Waals surface area contributed by atoms with E-state index in [1.165, 1.54) is 0 Å². The number of carboxylic acids is 2. The van der Waals surface area contributed by atoms with Crippen molar-refractivity contribution in [2.24, 2.45) is 5.73 Å². The van der Waals surface area contributed by atoms with Crippen LogP contribution >= 0.6 is 0 Å². The van der Waals surface area contributed by atoms with E-state index in [0.29, 0.717) is 0 Å². The smallest absolute Gasteiger partial charge is 0.726 e. The summed E-state index contributed by atoms with van der Waals surface area (Å²) in [7, 11) is -30.7. The molecule has 0 amide bonds. The van der Waals surface area contributed by atoms with E-state index >= 15 is 0 Å². The quantitative estimate of drug-likeness (QED) is 0.0359. The minimum atomic E-state index is -6.47. The molecule has 0 aliphatic carbocycles. The van der Waals surface area contributed by atoms with Crippen LogP contribution in [0.2, 0.25) is 0 Å². The number of carbonyl (C=O) groups excluding carboxylic acids is 2. The summed E-state index contributed by atoms with van der Waals surface area (Å²) in [6.45, 7) is -4.64. The maximum Gasteiger partial charge on any atom is 1.00 e. The molecular formula is C39H57NNa8O45S6. The fraction of sp³-hybridized carbons (Fsp3) is 0.949. The van der Waals surface area contributed by atoms with Gasteiger partial charge in [0.05, 0.1) is 44.4 Å². The van der Waals surface area contributed by atoms with E-state index < -0.39 is 260 Å². The van der Waals surface area contributed by atoms with Crippen LogP contribution in [0.25, 0.3) is 0 Å². The van der Waals surface area contributed by atoms with E-state index in [1.54, 1.807) is 0 Å². The second-order valence-electron chi connectivity index (χ2n) is 19.7. The fourth-order valence-electron chi connectivity index (χ4n) is 10.7. The van der Waals surface area contributed by atoms with Gasteiger partial charge in [0.15, 0.2) is 49.3 Å². The van der Waals surface area contributed by atoms with Crippen molar-refractivity contribution in [2.75, 3.05) is 69.1 Å². The van der Waals surface area contributed by atoms with Crippen molar-refractivity contribution in [2.45, 2.75) is 166 Å². The molecule has 60 heteroatoms. The summed E-state index contributed by atoms with van der Waals surface area (Å²) in [4.78, 5) is 27.0. The van der Waals surface area contributed by atoms with Crippen LogP contribution < -0.4 is 252 Å². The van der Waals surface area contributed by atoms with Gasteiger partial charge in [0.2, 0.25) is 62.4 Å². The van der Waals surface area contributed by atoms with Gasteiger partial charge in [-0.25, -0.2) is 50.5 Å². The second-order valence-corrected chi connectivity index (χ2v) is 25.9. The number of rotatable bonds is 32. The Morgan fingerprint density at radius 1 is 0.434 bits per heavy atom. The number of aliphatic hydroxyl groups is 1. The number of carboxylic acid groups (broad SMARTS) is 2. The van der Waals surface area contributed by atoms with E-state index in [1.807, 2.05) is 0 Å². The SMILES string of the molecule is CC[C@]1(C(=O)[O-])O[C@@H](O[C@H]2[C@H](OS(=O)(=O)[O-])[C@@H](OS(=O)(=O)[O-])[C@@H](O[C@H]3[C@H](OC)[C@H]4OC[C@]3(C(=O)[O-])OC4O[C@H]3[C@H](OC)[C@@H](OS(=O)(=O)[O-])[C@@H](OC)O[C@@H]3COS(=O)(=O)[O-])O[C@@H]2COS(=O)(=O)[O-])[C@H](OC)[C@@H](OC)[C@@H]1O[C@@H]1O[C@H](COS(=O)(=O)[O-])[C@@H](OC)[C@H](O)[C@H]1N.[Na+].[Na+].[Na+].[Na+].[Na+].[Na+].[Na+].[Na+]. The Balaban J connectivity index is -0.0000115. The molecule has 0 aromatic heterocycles. The van der Waals surface area contributed by atoms with E-state index in [-0.39, 0.29) is 236 Å². The van der Waals surface area contributed by atoms with Crippen LogP contribution in [0.3, 0.4) is 0 Å². The number of fused-ring (bicyclic) bond motifs is 3. The molecule has 7 saturated heterocycles. The summed E-state index contributed by atoms with van der Waals surface area (Å²) in [5.74, 6) is -4.75. The number of nitrogens with two attached hydrogens (primary N) is 1. The number of methoxy groups -OCH3 is 6. The zero-order valence-electron chi connectivity index (χ0n) is 55.3. The molecule has 7 heterocycles. The van der Waals surface area contributed by atoms with Gasteiger partial charge in [-0.05, 0) is 6.42 Å². The first-order valence-electron chi connectivity index (χ1n) is 25.3. The average molecular weight is 1640 g/mol. The molecule has 0 aromatic carbocycles. The van der Waals surface area contributed by atoms with Gasteiger partial charge in [0, 0.05) is 42.7 Å². The maximum atomic E-state index is 13.5. The van der Waals surface area contributed by atoms with Gasteiger partial charge < -0.3 is 134 Å². The first-order chi connectivity index (χ1) is 41.9. The van der Waals surface area contributed by atoms with E-state index in [4.69, 9.17) is 81.5 Å². The summed E-state index contributed by atoms with van der Waals surface area (Å²) >= 11 is 0. The van der Waals surface area contributed by atoms with Gasteiger partial charge in [-0.15, -0.1) is 0 Å². The van der Waals surface area contributed by atoms with Gasteiger partial charge in [-0.3, -0.25) is 25.1 Å². The third-order valence-electron chi connectivity index (χ3n) is 14.5. The average Bonchev–Trinajstić information content (AvgIpc) is 0.727. The normalized spacial score (nSPS) is 37.1. The van der Waals surface area contributed by atoms with Gasteiger partial charge in [0.1, 0.15) is 97.2 Å². The van der Waals surface area contributed by atoms with Crippen LogP contribution in [0.15, 0.2) is 0 Å². The van der Waals surface area contributed by atoms with Crippen molar-refractivity contribution in [3.05, 3.63) is 0 Å². The Hall–Kier alpha value is 5.44. The number of hydrogen-bond acceptors (Lipinski definition) is 46. The van der Waals surface area contributed by atoms with Gasteiger partial charge in [-0.2, -0.15) is 0 Å². The molecule has 7 aliphatic rings. The van der Waals surface area contributed by atoms with Crippen LogP contribution in [0.4, 0.5) is 0 Å². The van der Waals surface area contributed by atoms with Crippen molar-refractivity contribution in [3.63, 3.8) is 0 Å². The molecule has 7 fully saturated rings. The Morgan fingerprint density at radius 3 is 1.21 bits per heavy atom. The molecule has 0 spiro atoms. The zero-order valence-corrected chi connectivity index (χ0v) is 76.2. The van der Waals surface area contributed by atoms with Crippen molar-refractivity contribution in [1.29, 1.82) is 0 Å². The zero-order chi connectivity index (χ0) is 68.5. The standard InChI is InChI=1S/C39H65NO45S6.8Na/c1-8-38(36(42)43)29(79-31-16(40)17(41)18(64-2)13(74-31)9-71-86(46,47)48)23(66-4)25(68-6)34(81-38)78-20-15(11-73-88(52,53)54)76-33(28(85-91(61,62)63)22(20)83-89(55,56)57)80-30-24(67-5)26-35(82-39(30,12-70-26)37(44)45)77-19-14(10-72-87(49,50)51)75-32(69-7)27(21(19)65-3)84-90(58,59)60;;;;;;;;/h13-35,41H,8-12,40H2,1-7H3,(H,42,43)(H,44,45)(H,46,47,48)(H,49,50,51)(H,52,53,54)(H,55,56,57)(H,58,59,60)(H,61,62,63);;;;;;;;/q;8*+1/p-8/t13-,14-,15-,16-,17-,18-,19-,20-,21+,22+,23-,24-,25-,26-,27-,28-,29+,30+,31+,32+,33-,34-,35?,38+,39+;;;;;;;;/m1......../s1. The molecule has 7 rings (SSSR count).